The number of carbonyl (C=O) groups is 2. The maximum Gasteiger partial charge on any atom is 0.337 e. The average molecular weight is 317 g/mol. The molecule has 2 rings (SSSR count). The molecule has 96 valence electrons. The zero-order valence-corrected chi connectivity index (χ0v) is 10.8. The summed E-state index contributed by atoms with van der Waals surface area (Å²) in [6.07, 6.45) is 0.136. The summed E-state index contributed by atoms with van der Waals surface area (Å²) in [5.41, 5.74) is 5.54. The highest BCUT2D eigenvalue weighted by molar-refractivity contribution is 9.10. The van der Waals surface area contributed by atoms with Crippen molar-refractivity contribution < 1.29 is 19.1 Å². The Hall–Kier alpha value is -1.47. The molecule has 5 nitrogen and oxygen atoms in total. The molecule has 1 amide bonds. The van der Waals surface area contributed by atoms with Gasteiger partial charge < -0.3 is 15.7 Å². The molecule has 1 aliphatic heterocycles. The van der Waals surface area contributed by atoms with Gasteiger partial charge in [-0.3, -0.25) is 4.79 Å². The van der Waals surface area contributed by atoms with Gasteiger partial charge in [-0.25, -0.2) is 9.18 Å². The van der Waals surface area contributed by atoms with Crippen molar-refractivity contribution in [1.82, 2.24) is 0 Å². The summed E-state index contributed by atoms with van der Waals surface area (Å²) >= 11 is 2.92. The molecule has 1 heterocycles. The molecule has 7 heteroatoms. The molecule has 1 saturated heterocycles. The largest absolute Gasteiger partial charge is 0.478 e. The number of amides is 1. The van der Waals surface area contributed by atoms with E-state index in [9.17, 15) is 14.0 Å². The van der Waals surface area contributed by atoms with E-state index >= 15 is 0 Å². The Balaban J connectivity index is 2.52. The highest BCUT2D eigenvalue weighted by atomic mass is 79.9. The summed E-state index contributed by atoms with van der Waals surface area (Å²) in [7, 11) is 0. The van der Waals surface area contributed by atoms with Crippen molar-refractivity contribution in [2.45, 2.75) is 12.5 Å². The van der Waals surface area contributed by atoms with Crippen molar-refractivity contribution in [3.8, 4) is 0 Å². The molecule has 0 radical (unpaired) electrons. The minimum absolute atomic E-state index is 0.0413. The molecule has 0 aliphatic carbocycles. The van der Waals surface area contributed by atoms with E-state index in [1.54, 1.807) is 0 Å². The van der Waals surface area contributed by atoms with Gasteiger partial charge in [0.15, 0.2) is 0 Å². The Bertz CT molecular complexity index is 535. The van der Waals surface area contributed by atoms with Crippen LogP contribution in [-0.2, 0) is 4.79 Å². The van der Waals surface area contributed by atoms with E-state index in [1.807, 2.05) is 0 Å². The molecule has 1 aromatic carbocycles. The van der Waals surface area contributed by atoms with Gasteiger partial charge in [0.2, 0.25) is 5.91 Å². The van der Waals surface area contributed by atoms with Gasteiger partial charge in [0, 0.05) is 19.0 Å². The molecule has 0 bridgehead atoms. The number of nitrogens with two attached hydrogens (primary N) is 1. The van der Waals surface area contributed by atoms with E-state index in [2.05, 4.69) is 15.9 Å². The Kier molecular flexibility index (Phi) is 3.36. The lowest BCUT2D eigenvalue weighted by atomic mass is 10.1. The molecule has 0 saturated carbocycles. The second-order valence-electron chi connectivity index (χ2n) is 4.06. The Labute approximate surface area is 111 Å². The van der Waals surface area contributed by atoms with Crippen LogP contribution in [0.15, 0.2) is 16.6 Å². The summed E-state index contributed by atoms with van der Waals surface area (Å²) in [5.74, 6) is -2.14. The summed E-state index contributed by atoms with van der Waals surface area (Å²) in [6.45, 7) is 0.195. The molecular formula is C11H10BrFN2O3. The first-order chi connectivity index (χ1) is 8.40. The van der Waals surface area contributed by atoms with Crippen LogP contribution in [0, 0.1) is 5.82 Å². The standard InChI is InChI=1S/C11H10BrFN2O3/c12-7-2-6(11(17)18)9(3-8(7)13)15-4-5(14)1-10(15)16/h2-3,5H,1,4,14H2,(H,17,18). The van der Waals surface area contributed by atoms with Crippen LogP contribution in [-0.4, -0.2) is 29.6 Å². The molecule has 3 N–H and O–H groups in total. The van der Waals surface area contributed by atoms with Gasteiger partial charge in [-0.2, -0.15) is 0 Å². The van der Waals surface area contributed by atoms with E-state index in [0.29, 0.717) is 0 Å². The van der Waals surface area contributed by atoms with Gasteiger partial charge >= 0.3 is 5.97 Å². The third-order valence-corrected chi connectivity index (χ3v) is 3.32. The van der Waals surface area contributed by atoms with Crippen molar-refractivity contribution >= 4 is 33.5 Å². The molecule has 0 spiro atoms. The molecule has 0 aromatic heterocycles. The second-order valence-corrected chi connectivity index (χ2v) is 4.91. The maximum atomic E-state index is 13.5. The van der Waals surface area contributed by atoms with Crippen LogP contribution in [0.5, 0.6) is 0 Å². The van der Waals surface area contributed by atoms with Crippen molar-refractivity contribution in [1.29, 1.82) is 0 Å². The highest BCUT2D eigenvalue weighted by Gasteiger charge is 2.31. The van der Waals surface area contributed by atoms with Crippen LogP contribution in [0.25, 0.3) is 0 Å². The first-order valence-electron chi connectivity index (χ1n) is 5.18. The third-order valence-electron chi connectivity index (χ3n) is 2.71. The minimum Gasteiger partial charge on any atom is -0.478 e. The van der Waals surface area contributed by atoms with Crippen molar-refractivity contribution in [2.75, 3.05) is 11.4 Å². The van der Waals surface area contributed by atoms with Crippen LogP contribution in [0.2, 0.25) is 0 Å². The summed E-state index contributed by atoms with van der Waals surface area (Å²) in [4.78, 5) is 24.0. The van der Waals surface area contributed by atoms with Crippen LogP contribution in [0.3, 0.4) is 0 Å². The number of carbonyl (C=O) groups excluding carboxylic acids is 1. The number of rotatable bonds is 2. The fraction of sp³-hybridized carbons (Fsp3) is 0.273. The smallest absolute Gasteiger partial charge is 0.337 e. The summed E-state index contributed by atoms with van der Waals surface area (Å²) in [6, 6.07) is 1.82. The zero-order valence-electron chi connectivity index (χ0n) is 9.19. The first-order valence-corrected chi connectivity index (χ1v) is 5.97. The molecule has 1 unspecified atom stereocenters. The topological polar surface area (TPSA) is 83.6 Å². The van der Waals surface area contributed by atoms with Gasteiger partial charge in [0.05, 0.1) is 15.7 Å². The number of hydrogen-bond acceptors (Lipinski definition) is 3. The number of halogens is 2. The monoisotopic (exact) mass is 316 g/mol. The van der Waals surface area contributed by atoms with Gasteiger partial charge in [-0.1, -0.05) is 0 Å². The van der Waals surface area contributed by atoms with Crippen molar-refractivity contribution in [3.05, 3.63) is 28.0 Å². The predicted octanol–water partition coefficient (Wildman–Crippen LogP) is 1.35. The van der Waals surface area contributed by atoms with Gasteiger partial charge in [0.1, 0.15) is 5.82 Å². The lowest BCUT2D eigenvalue weighted by Gasteiger charge is -2.19. The van der Waals surface area contributed by atoms with Crippen molar-refractivity contribution in [3.63, 3.8) is 0 Å². The quantitative estimate of drug-likeness (QED) is 0.862. The lowest BCUT2D eigenvalue weighted by Crippen LogP contribution is -2.29. The number of benzene rings is 1. The molecule has 1 fully saturated rings. The second kappa shape index (κ2) is 4.66. The van der Waals surface area contributed by atoms with E-state index in [1.165, 1.54) is 4.90 Å². The third kappa shape index (κ3) is 2.23. The number of aromatic carboxylic acids is 1. The zero-order chi connectivity index (χ0) is 13.4. The molecular weight excluding hydrogens is 307 g/mol. The van der Waals surface area contributed by atoms with E-state index in [0.717, 1.165) is 12.1 Å². The van der Waals surface area contributed by atoms with Crippen molar-refractivity contribution in [2.24, 2.45) is 5.73 Å². The Morgan fingerprint density at radius 2 is 2.22 bits per heavy atom. The number of carboxylic acid groups (broad SMARTS) is 1. The predicted molar refractivity (Wildman–Crippen MR) is 66.0 cm³/mol. The molecule has 18 heavy (non-hydrogen) atoms. The fourth-order valence-corrected chi connectivity index (χ4v) is 2.24. The molecule has 1 atom stereocenters. The van der Waals surface area contributed by atoms with E-state index in [4.69, 9.17) is 10.8 Å². The van der Waals surface area contributed by atoms with Gasteiger partial charge in [0.25, 0.3) is 0 Å². The van der Waals surface area contributed by atoms with E-state index in [-0.39, 0.29) is 40.6 Å². The summed E-state index contributed by atoms with van der Waals surface area (Å²) in [5, 5.41) is 9.08. The average Bonchev–Trinajstić information content (AvgIpc) is 2.61. The van der Waals surface area contributed by atoms with Crippen LogP contribution >= 0.6 is 15.9 Å². The molecule has 1 aliphatic rings. The summed E-state index contributed by atoms with van der Waals surface area (Å²) < 4.78 is 13.5. The van der Waals surface area contributed by atoms with Gasteiger partial charge in [-0.05, 0) is 28.1 Å². The fourth-order valence-electron chi connectivity index (χ4n) is 1.90. The lowest BCUT2D eigenvalue weighted by molar-refractivity contribution is -0.117. The van der Waals surface area contributed by atoms with Crippen LogP contribution in [0.1, 0.15) is 16.8 Å². The molecule has 1 aromatic rings. The Morgan fingerprint density at radius 1 is 1.56 bits per heavy atom. The maximum absolute atomic E-state index is 13.5. The Morgan fingerprint density at radius 3 is 2.72 bits per heavy atom. The van der Waals surface area contributed by atoms with Crippen LogP contribution < -0.4 is 10.6 Å². The van der Waals surface area contributed by atoms with Gasteiger partial charge in [-0.15, -0.1) is 0 Å². The first kappa shape index (κ1) is 13.0. The highest BCUT2D eigenvalue weighted by Crippen LogP contribution is 2.30. The SMILES string of the molecule is NC1CC(=O)N(c2cc(F)c(Br)cc2C(=O)O)C1. The van der Waals surface area contributed by atoms with E-state index < -0.39 is 11.8 Å². The number of hydrogen-bond donors (Lipinski definition) is 2. The minimum atomic E-state index is -1.22. The van der Waals surface area contributed by atoms with Crippen LogP contribution in [0.4, 0.5) is 10.1 Å². The number of anilines is 1. The normalized spacial score (nSPS) is 19.4. The number of carboxylic acids is 1. The number of nitrogens with zero attached hydrogens (tertiary/aromatic N) is 1.